The summed E-state index contributed by atoms with van der Waals surface area (Å²) in [5.74, 6) is 0.331. The van der Waals surface area contributed by atoms with Crippen molar-refractivity contribution in [3.05, 3.63) is 41.9 Å². The highest BCUT2D eigenvalue weighted by Crippen LogP contribution is 2.32. The first-order chi connectivity index (χ1) is 10.5. The molecule has 0 saturated heterocycles. The number of carbonyl (C=O) groups excluding carboxylic acids is 2. The molecule has 1 heterocycles. The third kappa shape index (κ3) is 3.57. The maximum absolute atomic E-state index is 11.9. The number of methoxy groups -OCH3 is 1. The first-order valence-corrected chi connectivity index (χ1v) is 6.50. The van der Waals surface area contributed by atoms with Crippen molar-refractivity contribution >= 4 is 17.5 Å². The van der Waals surface area contributed by atoms with Gasteiger partial charge in [-0.3, -0.25) is 4.79 Å². The topological polar surface area (TPSA) is 101 Å². The van der Waals surface area contributed by atoms with Crippen LogP contribution in [0, 0.1) is 0 Å². The number of hydrogen-bond acceptors (Lipinski definition) is 5. The van der Waals surface area contributed by atoms with Crippen LogP contribution in [0.1, 0.15) is 23.0 Å². The molecule has 7 nitrogen and oxygen atoms in total. The first-order valence-electron chi connectivity index (χ1n) is 6.50. The summed E-state index contributed by atoms with van der Waals surface area (Å²) >= 11 is 0. The third-order valence-electron chi connectivity index (χ3n) is 2.95. The van der Waals surface area contributed by atoms with Crippen LogP contribution in [0.15, 0.2) is 34.9 Å². The Morgan fingerprint density at radius 1 is 1.36 bits per heavy atom. The van der Waals surface area contributed by atoms with Crippen molar-refractivity contribution in [1.29, 1.82) is 0 Å². The Kier molecular flexibility index (Phi) is 4.67. The molecule has 0 radical (unpaired) electrons. The normalized spacial score (nSPS) is 10.1. The number of furan rings is 1. The van der Waals surface area contributed by atoms with Gasteiger partial charge in [-0.25, -0.2) is 4.79 Å². The van der Waals surface area contributed by atoms with Gasteiger partial charge in [0.2, 0.25) is 0 Å². The summed E-state index contributed by atoms with van der Waals surface area (Å²) in [4.78, 5) is 23.3. The van der Waals surface area contributed by atoms with Gasteiger partial charge >= 0.3 is 6.03 Å². The summed E-state index contributed by atoms with van der Waals surface area (Å²) in [6, 6.07) is 5.60. The smallest absolute Gasteiger partial charge is 0.319 e. The number of ketones is 1. The van der Waals surface area contributed by atoms with Crippen LogP contribution < -0.4 is 15.4 Å². The predicted molar refractivity (Wildman–Crippen MR) is 79.2 cm³/mol. The quantitative estimate of drug-likeness (QED) is 0.582. The molecule has 0 aliphatic carbocycles. The number of amides is 2. The minimum Gasteiger partial charge on any atom is -0.507 e. The lowest BCUT2D eigenvalue weighted by molar-refractivity contribution is 0.101. The molecule has 0 unspecified atom stereocenters. The van der Waals surface area contributed by atoms with Crippen LogP contribution in [0.5, 0.6) is 11.5 Å². The van der Waals surface area contributed by atoms with E-state index in [-0.39, 0.29) is 35.1 Å². The van der Waals surface area contributed by atoms with Gasteiger partial charge in [0.05, 0.1) is 31.2 Å². The van der Waals surface area contributed by atoms with Gasteiger partial charge < -0.3 is 24.9 Å². The van der Waals surface area contributed by atoms with E-state index < -0.39 is 6.03 Å². The van der Waals surface area contributed by atoms with Gasteiger partial charge in [-0.15, -0.1) is 0 Å². The van der Waals surface area contributed by atoms with E-state index in [1.165, 1.54) is 32.4 Å². The molecule has 22 heavy (non-hydrogen) atoms. The standard InChI is InChI=1S/C15H16N2O5/c1-9(18)11-6-12(14(21-2)7-13(11)19)17-15(20)16-8-10-4-3-5-22-10/h3-7,19H,8H2,1-2H3,(H2,16,17,20). The molecule has 0 aliphatic rings. The third-order valence-corrected chi connectivity index (χ3v) is 2.95. The van der Waals surface area contributed by atoms with E-state index in [4.69, 9.17) is 9.15 Å². The summed E-state index contributed by atoms with van der Waals surface area (Å²) in [5.41, 5.74) is 0.379. The Balaban J connectivity index is 2.11. The lowest BCUT2D eigenvalue weighted by Crippen LogP contribution is -2.28. The monoisotopic (exact) mass is 304 g/mol. The number of aromatic hydroxyl groups is 1. The fraction of sp³-hybridized carbons (Fsp3) is 0.200. The van der Waals surface area contributed by atoms with Crippen LogP contribution in [-0.2, 0) is 6.54 Å². The van der Waals surface area contributed by atoms with Crippen LogP contribution in [0.2, 0.25) is 0 Å². The summed E-state index contributed by atoms with van der Waals surface area (Å²) in [6.45, 7) is 1.54. The number of carbonyl (C=O) groups is 2. The minimum atomic E-state index is -0.491. The molecule has 116 valence electrons. The highest BCUT2D eigenvalue weighted by Gasteiger charge is 2.15. The van der Waals surface area contributed by atoms with E-state index in [0.717, 1.165) is 0 Å². The van der Waals surface area contributed by atoms with Crippen molar-refractivity contribution < 1.29 is 23.8 Å². The molecule has 0 fully saturated rings. The number of rotatable bonds is 5. The zero-order valence-electron chi connectivity index (χ0n) is 12.2. The zero-order chi connectivity index (χ0) is 16.1. The molecule has 2 aromatic rings. The van der Waals surface area contributed by atoms with Crippen molar-refractivity contribution in [1.82, 2.24) is 5.32 Å². The maximum Gasteiger partial charge on any atom is 0.319 e. The zero-order valence-corrected chi connectivity index (χ0v) is 12.2. The average Bonchev–Trinajstić information content (AvgIpc) is 2.99. The van der Waals surface area contributed by atoms with Gasteiger partial charge in [-0.05, 0) is 25.1 Å². The number of benzene rings is 1. The number of phenolic OH excluding ortho intramolecular Hbond substituents is 1. The Labute approximate surface area is 126 Å². The second-order valence-electron chi connectivity index (χ2n) is 4.51. The number of ether oxygens (including phenoxy) is 1. The summed E-state index contributed by atoms with van der Waals surface area (Å²) in [5, 5.41) is 14.9. The Bertz CT molecular complexity index is 679. The SMILES string of the molecule is COc1cc(O)c(C(C)=O)cc1NC(=O)NCc1ccco1. The highest BCUT2D eigenvalue weighted by atomic mass is 16.5. The molecule has 2 rings (SSSR count). The number of nitrogens with one attached hydrogen (secondary N) is 2. The summed E-state index contributed by atoms with van der Waals surface area (Å²) in [6.07, 6.45) is 1.51. The van der Waals surface area contributed by atoms with Crippen LogP contribution >= 0.6 is 0 Å². The Morgan fingerprint density at radius 3 is 2.73 bits per heavy atom. The average molecular weight is 304 g/mol. The molecular formula is C15H16N2O5. The van der Waals surface area contributed by atoms with E-state index in [1.54, 1.807) is 12.1 Å². The van der Waals surface area contributed by atoms with Gasteiger partial charge in [0, 0.05) is 6.07 Å². The van der Waals surface area contributed by atoms with Crippen molar-refractivity contribution in [2.75, 3.05) is 12.4 Å². The summed E-state index contributed by atoms with van der Waals surface area (Å²) < 4.78 is 10.2. The largest absolute Gasteiger partial charge is 0.507 e. The second-order valence-corrected chi connectivity index (χ2v) is 4.51. The van der Waals surface area contributed by atoms with Crippen LogP contribution in [0.3, 0.4) is 0 Å². The van der Waals surface area contributed by atoms with Crippen LogP contribution in [0.25, 0.3) is 0 Å². The van der Waals surface area contributed by atoms with Gasteiger partial charge in [-0.2, -0.15) is 0 Å². The van der Waals surface area contributed by atoms with Crippen LogP contribution in [0.4, 0.5) is 10.5 Å². The number of phenols is 1. The van der Waals surface area contributed by atoms with E-state index >= 15 is 0 Å². The van der Waals surface area contributed by atoms with Gasteiger partial charge in [0.15, 0.2) is 5.78 Å². The van der Waals surface area contributed by atoms with Gasteiger partial charge in [0.1, 0.15) is 17.3 Å². The molecule has 0 spiro atoms. The number of Topliss-reactive ketones (excluding diaryl/α,β-unsaturated/α-hetero) is 1. The molecule has 0 bridgehead atoms. The van der Waals surface area contributed by atoms with Crippen LogP contribution in [-0.4, -0.2) is 24.0 Å². The minimum absolute atomic E-state index is 0.0992. The molecule has 3 N–H and O–H groups in total. The molecule has 1 aromatic heterocycles. The van der Waals surface area contributed by atoms with E-state index in [0.29, 0.717) is 5.76 Å². The summed E-state index contributed by atoms with van der Waals surface area (Å²) in [7, 11) is 1.40. The highest BCUT2D eigenvalue weighted by molar-refractivity contribution is 6.00. The fourth-order valence-electron chi connectivity index (χ4n) is 1.86. The maximum atomic E-state index is 11.9. The van der Waals surface area contributed by atoms with E-state index in [9.17, 15) is 14.7 Å². The van der Waals surface area contributed by atoms with Gasteiger partial charge in [-0.1, -0.05) is 0 Å². The van der Waals surface area contributed by atoms with Crippen molar-refractivity contribution in [3.63, 3.8) is 0 Å². The molecule has 1 aromatic carbocycles. The lowest BCUT2D eigenvalue weighted by atomic mass is 10.1. The second kappa shape index (κ2) is 6.66. The van der Waals surface area contributed by atoms with Gasteiger partial charge in [0.25, 0.3) is 0 Å². The van der Waals surface area contributed by atoms with E-state index in [1.807, 2.05) is 0 Å². The molecule has 2 amide bonds. The first kappa shape index (κ1) is 15.4. The number of urea groups is 1. The fourth-order valence-corrected chi connectivity index (χ4v) is 1.86. The molecule has 0 saturated carbocycles. The predicted octanol–water partition coefficient (Wildman–Crippen LogP) is 2.52. The molecular weight excluding hydrogens is 288 g/mol. The molecule has 7 heteroatoms. The molecule has 0 aliphatic heterocycles. The van der Waals surface area contributed by atoms with Crippen molar-refractivity contribution in [2.45, 2.75) is 13.5 Å². The van der Waals surface area contributed by atoms with E-state index in [2.05, 4.69) is 10.6 Å². The Hall–Kier alpha value is -2.96. The Morgan fingerprint density at radius 2 is 2.14 bits per heavy atom. The van der Waals surface area contributed by atoms with Crippen molar-refractivity contribution in [3.8, 4) is 11.5 Å². The lowest BCUT2D eigenvalue weighted by Gasteiger charge is -2.13. The number of hydrogen-bond donors (Lipinski definition) is 3. The molecule has 0 atom stereocenters. The van der Waals surface area contributed by atoms with Crippen molar-refractivity contribution in [2.24, 2.45) is 0 Å². The number of anilines is 1.